The average Bonchev–Trinajstić information content (AvgIpc) is 3.07. The number of rotatable bonds is 9. The number of hydrogen-bond acceptors (Lipinski definition) is 7. The molecule has 0 aliphatic carbocycles. The van der Waals surface area contributed by atoms with Crippen LogP contribution in [0.1, 0.15) is 12.5 Å². The van der Waals surface area contributed by atoms with Gasteiger partial charge in [0.2, 0.25) is 0 Å². The molecule has 1 aliphatic heterocycles. The maximum Gasteiger partial charge on any atom is 0.329 e. The van der Waals surface area contributed by atoms with Crippen molar-refractivity contribution in [3.8, 4) is 11.5 Å². The van der Waals surface area contributed by atoms with Crippen LogP contribution in [0.5, 0.6) is 11.5 Å². The molecule has 1 saturated heterocycles. The van der Waals surface area contributed by atoms with E-state index in [9.17, 15) is 23.6 Å². The summed E-state index contributed by atoms with van der Waals surface area (Å²) < 4.78 is 28.6. The van der Waals surface area contributed by atoms with E-state index in [-0.39, 0.29) is 28.8 Å². The fourth-order valence-electron chi connectivity index (χ4n) is 3.02. The van der Waals surface area contributed by atoms with E-state index in [0.29, 0.717) is 16.2 Å². The van der Waals surface area contributed by atoms with Gasteiger partial charge < -0.3 is 24.8 Å². The van der Waals surface area contributed by atoms with E-state index < -0.39 is 42.8 Å². The van der Waals surface area contributed by atoms with E-state index in [1.807, 2.05) is 0 Å². The van der Waals surface area contributed by atoms with Gasteiger partial charge in [0.25, 0.3) is 11.8 Å². The van der Waals surface area contributed by atoms with Crippen LogP contribution in [-0.4, -0.2) is 55.6 Å². The lowest BCUT2D eigenvalue weighted by Gasteiger charge is -2.14. The third-order valence-electron chi connectivity index (χ3n) is 4.60. The van der Waals surface area contributed by atoms with Crippen LogP contribution in [0.25, 0.3) is 6.08 Å². The highest BCUT2D eigenvalue weighted by atomic mass is 35.5. The standard InChI is InChI=1S/C23H21ClFN3O7/c1-3-34-18-10-13(9-17-22(31)28(23(32)27-17)11-20(30)33-2)8-16(24)21(18)35-12-19(29)26-15-6-4-14(25)5-7-15/h4-10H,3,11-12H2,1-2H3,(H,26,29)(H,27,32)/b17-9+. The Kier molecular flexibility index (Phi) is 8.26. The lowest BCUT2D eigenvalue weighted by molar-refractivity contribution is -0.143. The third-order valence-corrected chi connectivity index (χ3v) is 4.88. The quantitative estimate of drug-likeness (QED) is 0.305. The number of halogens is 2. The minimum Gasteiger partial charge on any atom is -0.490 e. The number of amides is 4. The molecular formula is C23H21ClFN3O7. The van der Waals surface area contributed by atoms with E-state index in [0.717, 1.165) is 7.11 Å². The van der Waals surface area contributed by atoms with Crippen LogP contribution in [0.2, 0.25) is 5.02 Å². The summed E-state index contributed by atoms with van der Waals surface area (Å²) in [6.45, 7) is 1.04. The summed E-state index contributed by atoms with van der Waals surface area (Å²) in [6.07, 6.45) is 1.36. The van der Waals surface area contributed by atoms with Crippen LogP contribution < -0.4 is 20.1 Å². The third kappa shape index (κ3) is 6.48. The van der Waals surface area contributed by atoms with E-state index in [1.54, 1.807) is 6.92 Å². The van der Waals surface area contributed by atoms with E-state index >= 15 is 0 Å². The zero-order chi connectivity index (χ0) is 25.5. The summed E-state index contributed by atoms with van der Waals surface area (Å²) in [7, 11) is 1.14. The fourth-order valence-corrected chi connectivity index (χ4v) is 3.29. The van der Waals surface area contributed by atoms with Gasteiger partial charge in [0.15, 0.2) is 18.1 Å². The molecule has 0 spiro atoms. The zero-order valence-corrected chi connectivity index (χ0v) is 19.5. The lowest BCUT2D eigenvalue weighted by atomic mass is 10.1. The summed E-state index contributed by atoms with van der Waals surface area (Å²) in [6, 6.07) is 7.42. The molecule has 0 aromatic heterocycles. The molecule has 0 radical (unpaired) electrons. The molecule has 0 atom stereocenters. The predicted octanol–water partition coefficient (Wildman–Crippen LogP) is 2.96. The second-order valence-corrected chi connectivity index (χ2v) is 7.47. The fraction of sp³-hybridized carbons (Fsp3) is 0.217. The van der Waals surface area contributed by atoms with E-state index in [1.165, 1.54) is 42.5 Å². The maximum absolute atomic E-state index is 13.0. The van der Waals surface area contributed by atoms with Crippen molar-refractivity contribution in [2.45, 2.75) is 6.92 Å². The number of benzene rings is 2. The molecule has 35 heavy (non-hydrogen) atoms. The molecule has 2 N–H and O–H groups in total. The summed E-state index contributed by atoms with van der Waals surface area (Å²) in [4.78, 5) is 48.9. The monoisotopic (exact) mass is 505 g/mol. The summed E-state index contributed by atoms with van der Waals surface area (Å²) in [5.74, 6) is -2.11. The van der Waals surface area contributed by atoms with Gasteiger partial charge in [0, 0.05) is 5.69 Å². The van der Waals surface area contributed by atoms with Crippen molar-refractivity contribution in [3.05, 3.63) is 58.5 Å². The Morgan fingerprint density at radius 2 is 1.89 bits per heavy atom. The molecule has 2 aromatic rings. The van der Waals surface area contributed by atoms with Crippen molar-refractivity contribution in [2.24, 2.45) is 0 Å². The zero-order valence-electron chi connectivity index (χ0n) is 18.7. The largest absolute Gasteiger partial charge is 0.490 e. The van der Waals surface area contributed by atoms with E-state index in [4.69, 9.17) is 21.1 Å². The SMILES string of the molecule is CCOc1cc(/C=C2/NC(=O)N(CC(=O)OC)C2=O)cc(Cl)c1OCC(=O)Nc1ccc(F)cc1. The number of carbonyl (C=O) groups excluding carboxylic acids is 4. The van der Waals surface area contributed by atoms with Crippen molar-refractivity contribution in [1.29, 1.82) is 0 Å². The molecule has 1 heterocycles. The highest BCUT2D eigenvalue weighted by Crippen LogP contribution is 2.37. The number of anilines is 1. The Morgan fingerprint density at radius 1 is 1.17 bits per heavy atom. The number of carbonyl (C=O) groups is 4. The number of urea groups is 1. The summed E-state index contributed by atoms with van der Waals surface area (Å²) >= 11 is 6.35. The highest BCUT2D eigenvalue weighted by molar-refractivity contribution is 6.32. The molecule has 1 fully saturated rings. The van der Waals surface area contributed by atoms with Crippen molar-refractivity contribution < 1.29 is 37.8 Å². The van der Waals surface area contributed by atoms with Gasteiger partial charge in [-0.2, -0.15) is 0 Å². The van der Waals surface area contributed by atoms with Crippen LogP contribution in [0.4, 0.5) is 14.9 Å². The van der Waals surface area contributed by atoms with Gasteiger partial charge >= 0.3 is 12.0 Å². The van der Waals surface area contributed by atoms with Crippen LogP contribution in [0.3, 0.4) is 0 Å². The van der Waals surface area contributed by atoms with Gasteiger partial charge in [-0.25, -0.2) is 14.1 Å². The van der Waals surface area contributed by atoms with Crippen molar-refractivity contribution in [1.82, 2.24) is 10.2 Å². The molecule has 0 unspecified atom stereocenters. The second kappa shape index (κ2) is 11.3. The molecule has 3 rings (SSSR count). The summed E-state index contributed by atoms with van der Waals surface area (Å²) in [5.41, 5.74) is 0.706. The van der Waals surface area contributed by atoms with E-state index in [2.05, 4.69) is 15.4 Å². The van der Waals surface area contributed by atoms with Gasteiger partial charge in [-0.1, -0.05) is 11.6 Å². The Balaban J connectivity index is 1.75. The number of nitrogens with one attached hydrogen (secondary N) is 2. The first-order valence-electron chi connectivity index (χ1n) is 10.3. The van der Waals surface area contributed by atoms with Gasteiger partial charge in [-0.15, -0.1) is 0 Å². The van der Waals surface area contributed by atoms with Crippen LogP contribution >= 0.6 is 11.6 Å². The molecule has 4 amide bonds. The van der Waals surface area contributed by atoms with Crippen LogP contribution in [-0.2, 0) is 19.1 Å². The molecule has 0 saturated carbocycles. The molecule has 2 aromatic carbocycles. The summed E-state index contributed by atoms with van der Waals surface area (Å²) in [5, 5.41) is 5.03. The van der Waals surface area contributed by atoms with Crippen molar-refractivity contribution >= 4 is 47.2 Å². The minimum absolute atomic E-state index is 0.0789. The van der Waals surface area contributed by atoms with Gasteiger partial charge in [0.1, 0.15) is 18.1 Å². The Morgan fingerprint density at radius 3 is 2.54 bits per heavy atom. The van der Waals surface area contributed by atoms with Crippen molar-refractivity contribution in [2.75, 3.05) is 32.2 Å². The normalized spacial score (nSPS) is 14.1. The van der Waals surface area contributed by atoms with Crippen LogP contribution in [0.15, 0.2) is 42.1 Å². The Labute approximate surface area is 204 Å². The number of esters is 1. The number of nitrogens with zero attached hydrogens (tertiary/aromatic N) is 1. The Hall–Kier alpha value is -4.12. The number of methoxy groups -OCH3 is 1. The number of hydrogen-bond donors (Lipinski definition) is 2. The highest BCUT2D eigenvalue weighted by Gasteiger charge is 2.35. The predicted molar refractivity (Wildman–Crippen MR) is 123 cm³/mol. The smallest absolute Gasteiger partial charge is 0.329 e. The lowest BCUT2D eigenvalue weighted by Crippen LogP contribution is -2.36. The first-order chi connectivity index (χ1) is 16.7. The molecule has 184 valence electrons. The molecule has 12 heteroatoms. The average molecular weight is 506 g/mol. The van der Waals surface area contributed by atoms with Gasteiger partial charge in [-0.05, 0) is 55.0 Å². The second-order valence-electron chi connectivity index (χ2n) is 7.06. The number of ether oxygens (including phenoxy) is 3. The number of imide groups is 1. The molecule has 1 aliphatic rings. The Bertz CT molecular complexity index is 1180. The maximum atomic E-state index is 13.0. The topological polar surface area (TPSA) is 123 Å². The molecular weight excluding hydrogens is 485 g/mol. The van der Waals surface area contributed by atoms with Crippen LogP contribution in [0, 0.1) is 5.82 Å². The van der Waals surface area contributed by atoms with Gasteiger partial charge in [0.05, 0.1) is 18.7 Å². The van der Waals surface area contributed by atoms with Gasteiger partial charge in [-0.3, -0.25) is 14.4 Å². The first kappa shape index (κ1) is 25.5. The molecule has 10 nitrogen and oxygen atoms in total. The van der Waals surface area contributed by atoms with Crippen molar-refractivity contribution in [3.63, 3.8) is 0 Å². The first-order valence-corrected chi connectivity index (χ1v) is 10.7. The minimum atomic E-state index is -0.769. The molecule has 0 bridgehead atoms.